The molecule has 0 atom stereocenters. The van der Waals surface area contributed by atoms with Gasteiger partial charge in [-0.1, -0.05) is 43.1 Å². The van der Waals surface area contributed by atoms with E-state index in [9.17, 15) is 13.2 Å². The number of aromatic nitrogens is 2. The van der Waals surface area contributed by atoms with Gasteiger partial charge in [-0.25, -0.2) is 18.4 Å². The number of rotatable bonds is 6. The van der Waals surface area contributed by atoms with Gasteiger partial charge < -0.3 is 5.32 Å². The van der Waals surface area contributed by atoms with Crippen molar-refractivity contribution < 1.29 is 13.2 Å². The fourth-order valence-corrected chi connectivity index (χ4v) is 5.28. The van der Waals surface area contributed by atoms with Gasteiger partial charge in [-0.2, -0.15) is 4.31 Å². The fraction of sp³-hybridized carbons (Fsp3) is 0.421. The van der Waals surface area contributed by atoms with Gasteiger partial charge in [0.05, 0.1) is 16.1 Å². The monoisotopic (exact) mass is 454 g/mol. The van der Waals surface area contributed by atoms with Crippen molar-refractivity contribution in [3.63, 3.8) is 0 Å². The maximum absolute atomic E-state index is 12.8. The lowest BCUT2D eigenvalue weighted by Gasteiger charge is -2.20. The van der Waals surface area contributed by atoms with Gasteiger partial charge in [-0.15, -0.1) is 0 Å². The van der Waals surface area contributed by atoms with E-state index in [0.717, 1.165) is 31.4 Å². The lowest BCUT2D eigenvalue weighted by molar-refractivity contribution is 0.102. The summed E-state index contributed by atoms with van der Waals surface area (Å²) in [6, 6.07) is 6.16. The van der Waals surface area contributed by atoms with Crippen molar-refractivity contribution in [3.05, 3.63) is 41.2 Å². The number of sulfonamides is 1. The topological polar surface area (TPSA) is 92.3 Å². The van der Waals surface area contributed by atoms with Crippen molar-refractivity contribution in [2.75, 3.05) is 24.2 Å². The fourth-order valence-electron chi connectivity index (χ4n) is 3.04. The minimum absolute atomic E-state index is 0.0823. The first-order chi connectivity index (χ1) is 13.9. The molecule has 1 aliphatic rings. The zero-order valence-electron chi connectivity index (χ0n) is 16.1. The first kappa shape index (κ1) is 22.0. The predicted molar refractivity (Wildman–Crippen MR) is 115 cm³/mol. The summed E-state index contributed by atoms with van der Waals surface area (Å²) in [6.07, 6.45) is 5.27. The molecular formula is C19H23ClN4O3S2. The Labute approximate surface area is 180 Å². The van der Waals surface area contributed by atoms with E-state index in [1.165, 1.54) is 30.1 Å². The summed E-state index contributed by atoms with van der Waals surface area (Å²) < 4.78 is 27.2. The Hall–Kier alpha value is -1.68. The molecule has 1 fully saturated rings. The van der Waals surface area contributed by atoms with Gasteiger partial charge in [0, 0.05) is 18.8 Å². The molecule has 2 aromatic rings. The van der Waals surface area contributed by atoms with Crippen LogP contribution in [0.15, 0.2) is 40.5 Å². The number of carbonyl (C=O) groups is 1. The van der Waals surface area contributed by atoms with Crippen LogP contribution in [0.5, 0.6) is 0 Å². The van der Waals surface area contributed by atoms with Crippen molar-refractivity contribution in [2.24, 2.45) is 0 Å². The summed E-state index contributed by atoms with van der Waals surface area (Å²) in [6.45, 7) is 3.06. The lowest BCUT2D eigenvalue weighted by atomic mass is 10.2. The van der Waals surface area contributed by atoms with E-state index in [4.69, 9.17) is 11.6 Å². The zero-order chi connectivity index (χ0) is 20.9. The van der Waals surface area contributed by atoms with Crippen LogP contribution in [-0.4, -0.2) is 47.4 Å². The highest BCUT2D eigenvalue weighted by Crippen LogP contribution is 2.23. The third-order valence-corrected chi connectivity index (χ3v) is 7.46. The molecule has 0 radical (unpaired) electrons. The van der Waals surface area contributed by atoms with Crippen LogP contribution in [0.4, 0.5) is 5.69 Å². The first-order valence-corrected chi connectivity index (χ1v) is 12.3. The Kier molecular flexibility index (Phi) is 7.50. The molecule has 3 rings (SSSR count). The van der Waals surface area contributed by atoms with Crippen LogP contribution >= 0.6 is 23.4 Å². The number of thioether (sulfide) groups is 1. The van der Waals surface area contributed by atoms with E-state index in [1.54, 1.807) is 16.4 Å². The van der Waals surface area contributed by atoms with Crippen LogP contribution in [0.2, 0.25) is 5.02 Å². The van der Waals surface area contributed by atoms with Crippen molar-refractivity contribution in [1.29, 1.82) is 0 Å². The normalized spacial score (nSPS) is 15.7. The van der Waals surface area contributed by atoms with E-state index in [-0.39, 0.29) is 15.6 Å². The average Bonchev–Trinajstić information content (AvgIpc) is 3.00. The Bertz CT molecular complexity index is 960. The van der Waals surface area contributed by atoms with Gasteiger partial charge in [0.2, 0.25) is 10.0 Å². The Balaban J connectivity index is 1.73. The molecule has 7 nitrogen and oxygen atoms in total. The SMILES string of the molecule is CCSc1ncc(Cl)c(C(=O)Nc2ccc(S(=O)(=O)N3CCCCCC3)cc2)n1. The molecular weight excluding hydrogens is 432 g/mol. The van der Waals surface area contributed by atoms with Crippen molar-refractivity contribution in [1.82, 2.24) is 14.3 Å². The standard InChI is InChI=1S/C19H23ClN4O3S2/c1-2-28-19-21-13-16(20)17(23-19)18(25)22-14-7-9-15(10-8-14)29(26,27)24-11-5-3-4-6-12-24/h7-10,13H,2-6,11-12H2,1H3,(H,22,25). The van der Waals surface area contributed by atoms with Crippen LogP contribution in [-0.2, 0) is 10.0 Å². The zero-order valence-corrected chi connectivity index (χ0v) is 18.5. The minimum atomic E-state index is -3.53. The summed E-state index contributed by atoms with van der Waals surface area (Å²) in [7, 11) is -3.53. The third-order valence-electron chi connectivity index (χ3n) is 4.53. The van der Waals surface area contributed by atoms with Crippen molar-refractivity contribution >= 4 is 45.0 Å². The van der Waals surface area contributed by atoms with Gasteiger partial charge in [0.15, 0.2) is 10.9 Å². The summed E-state index contributed by atoms with van der Waals surface area (Å²) in [4.78, 5) is 21.0. The first-order valence-electron chi connectivity index (χ1n) is 9.48. The van der Waals surface area contributed by atoms with Gasteiger partial charge >= 0.3 is 0 Å². The second-order valence-electron chi connectivity index (χ2n) is 6.58. The molecule has 29 heavy (non-hydrogen) atoms. The second kappa shape index (κ2) is 9.88. The van der Waals surface area contributed by atoms with E-state index in [1.807, 2.05) is 6.92 Å². The Morgan fingerprint density at radius 2 is 1.83 bits per heavy atom. The van der Waals surface area contributed by atoms with Crippen LogP contribution in [0.3, 0.4) is 0 Å². The molecule has 10 heteroatoms. The highest BCUT2D eigenvalue weighted by atomic mass is 35.5. The number of amides is 1. The van der Waals surface area contributed by atoms with Crippen LogP contribution < -0.4 is 5.32 Å². The number of nitrogens with one attached hydrogen (secondary N) is 1. The van der Waals surface area contributed by atoms with E-state index in [0.29, 0.717) is 23.9 Å². The van der Waals surface area contributed by atoms with E-state index in [2.05, 4.69) is 15.3 Å². The molecule has 1 N–H and O–H groups in total. The molecule has 0 spiro atoms. The second-order valence-corrected chi connectivity index (χ2v) is 10.2. The maximum Gasteiger partial charge on any atom is 0.275 e. The number of carbonyl (C=O) groups excluding carboxylic acids is 1. The molecule has 1 aromatic heterocycles. The van der Waals surface area contributed by atoms with Crippen molar-refractivity contribution in [2.45, 2.75) is 42.7 Å². The smallest absolute Gasteiger partial charge is 0.275 e. The quantitative estimate of drug-likeness (QED) is 0.522. The van der Waals surface area contributed by atoms with Gasteiger partial charge in [0.25, 0.3) is 5.91 Å². The summed E-state index contributed by atoms with van der Waals surface area (Å²) >= 11 is 7.47. The third kappa shape index (κ3) is 5.48. The van der Waals surface area contributed by atoms with Crippen LogP contribution in [0, 0.1) is 0 Å². The van der Waals surface area contributed by atoms with Crippen molar-refractivity contribution in [3.8, 4) is 0 Å². The molecule has 0 bridgehead atoms. The Morgan fingerprint density at radius 1 is 1.17 bits per heavy atom. The van der Waals surface area contributed by atoms with E-state index < -0.39 is 15.9 Å². The number of anilines is 1. The van der Waals surface area contributed by atoms with E-state index >= 15 is 0 Å². The molecule has 0 saturated carbocycles. The number of halogens is 1. The molecule has 1 aromatic carbocycles. The number of hydrogen-bond acceptors (Lipinski definition) is 6. The van der Waals surface area contributed by atoms with Gasteiger partial charge in [-0.05, 0) is 42.9 Å². The molecule has 0 unspecified atom stereocenters. The highest BCUT2D eigenvalue weighted by molar-refractivity contribution is 7.99. The molecule has 1 amide bonds. The van der Waals surface area contributed by atoms with Gasteiger partial charge in [-0.3, -0.25) is 4.79 Å². The molecule has 0 aliphatic carbocycles. The van der Waals surface area contributed by atoms with Crippen LogP contribution in [0.25, 0.3) is 0 Å². The number of benzene rings is 1. The lowest BCUT2D eigenvalue weighted by Crippen LogP contribution is -2.31. The van der Waals surface area contributed by atoms with Gasteiger partial charge in [0.1, 0.15) is 0 Å². The molecule has 1 saturated heterocycles. The molecule has 2 heterocycles. The van der Waals surface area contributed by atoms with Crippen LogP contribution in [0.1, 0.15) is 43.1 Å². The number of hydrogen-bond donors (Lipinski definition) is 1. The summed E-state index contributed by atoms with van der Waals surface area (Å²) in [5.74, 6) is 0.300. The maximum atomic E-state index is 12.8. The average molecular weight is 455 g/mol. The molecule has 1 aliphatic heterocycles. The largest absolute Gasteiger partial charge is 0.321 e. The summed E-state index contributed by atoms with van der Waals surface area (Å²) in [5, 5.41) is 3.33. The minimum Gasteiger partial charge on any atom is -0.321 e. The Morgan fingerprint density at radius 3 is 2.45 bits per heavy atom. The number of nitrogens with zero attached hydrogens (tertiary/aromatic N) is 3. The predicted octanol–water partition coefficient (Wildman–Crippen LogP) is 4.06. The summed E-state index contributed by atoms with van der Waals surface area (Å²) in [5.41, 5.74) is 0.545. The highest BCUT2D eigenvalue weighted by Gasteiger charge is 2.25. The molecule has 156 valence electrons.